The van der Waals surface area contributed by atoms with Gasteiger partial charge >= 0.3 is 0 Å². The van der Waals surface area contributed by atoms with Crippen LogP contribution in [0.25, 0.3) is 0 Å². The van der Waals surface area contributed by atoms with Gasteiger partial charge in [-0.2, -0.15) is 5.26 Å². The first kappa shape index (κ1) is 15.3. The third-order valence-electron chi connectivity index (χ3n) is 3.75. The first-order valence-corrected chi connectivity index (χ1v) is 7.55. The molecule has 0 aliphatic carbocycles. The van der Waals surface area contributed by atoms with E-state index < -0.39 is 0 Å². The van der Waals surface area contributed by atoms with Gasteiger partial charge in [-0.05, 0) is 36.6 Å². The monoisotopic (exact) mass is 278 g/mol. The van der Waals surface area contributed by atoms with Crippen LogP contribution in [-0.2, 0) is 0 Å². The van der Waals surface area contributed by atoms with Gasteiger partial charge in [0.25, 0.3) is 0 Å². The lowest BCUT2D eigenvalue weighted by Gasteiger charge is -2.24. The molecule has 1 N–H and O–H groups in total. The summed E-state index contributed by atoms with van der Waals surface area (Å²) in [6.07, 6.45) is 2.24. The van der Waals surface area contributed by atoms with E-state index in [-0.39, 0.29) is 6.04 Å². The number of benzene rings is 2. The summed E-state index contributed by atoms with van der Waals surface area (Å²) in [6.45, 7) is 4.36. The van der Waals surface area contributed by atoms with Gasteiger partial charge in [0.1, 0.15) is 0 Å². The lowest BCUT2D eigenvalue weighted by molar-refractivity contribution is 0.439. The first-order chi connectivity index (χ1) is 10.2. The Hall–Kier alpha value is -2.11. The van der Waals surface area contributed by atoms with Crippen LogP contribution in [0.5, 0.6) is 0 Å². The summed E-state index contributed by atoms with van der Waals surface area (Å²) in [5.41, 5.74) is 3.20. The van der Waals surface area contributed by atoms with E-state index in [0.29, 0.717) is 11.6 Å². The van der Waals surface area contributed by atoms with Crippen molar-refractivity contribution in [2.45, 2.75) is 38.8 Å². The Kier molecular flexibility index (Phi) is 5.54. The Morgan fingerprint density at radius 2 is 1.76 bits per heavy atom. The maximum atomic E-state index is 9.02. The van der Waals surface area contributed by atoms with Crippen molar-refractivity contribution in [3.63, 3.8) is 0 Å². The minimum absolute atomic E-state index is 0.218. The Bertz CT molecular complexity index is 598. The number of nitrogens with one attached hydrogen (secondary N) is 1. The summed E-state index contributed by atoms with van der Waals surface area (Å²) in [7, 11) is 0. The van der Waals surface area contributed by atoms with Crippen LogP contribution in [0, 0.1) is 11.3 Å². The lowest BCUT2D eigenvalue weighted by Crippen LogP contribution is -2.24. The highest BCUT2D eigenvalue weighted by atomic mass is 14.9. The smallest absolute Gasteiger partial charge is 0.0991 e. The number of nitriles is 1. The van der Waals surface area contributed by atoms with E-state index in [1.54, 1.807) is 0 Å². The zero-order valence-corrected chi connectivity index (χ0v) is 12.7. The van der Waals surface area contributed by atoms with E-state index in [9.17, 15) is 0 Å². The molecule has 0 aliphatic rings. The van der Waals surface area contributed by atoms with E-state index in [4.69, 9.17) is 5.26 Å². The minimum Gasteiger partial charge on any atom is -0.303 e. The van der Waals surface area contributed by atoms with Crippen molar-refractivity contribution in [2.75, 3.05) is 0 Å². The molecule has 0 aliphatic heterocycles. The number of hydrogen-bond donors (Lipinski definition) is 1. The van der Waals surface area contributed by atoms with Crippen LogP contribution in [0.3, 0.4) is 0 Å². The minimum atomic E-state index is 0.218. The van der Waals surface area contributed by atoms with Crippen LogP contribution in [0.15, 0.2) is 54.6 Å². The Morgan fingerprint density at radius 1 is 1.05 bits per heavy atom. The summed E-state index contributed by atoms with van der Waals surface area (Å²) in [5, 5.41) is 12.7. The maximum Gasteiger partial charge on any atom is 0.0991 e. The van der Waals surface area contributed by atoms with E-state index >= 15 is 0 Å². The molecule has 0 saturated heterocycles. The molecule has 21 heavy (non-hydrogen) atoms. The van der Waals surface area contributed by atoms with Crippen LogP contribution in [0.4, 0.5) is 0 Å². The van der Waals surface area contributed by atoms with Crippen molar-refractivity contribution in [1.82, 2.24) is 5.32 Å². The molecule has 2 aromatic rings. The first-order valence-electron chi connectivity index (χ1n) is 7.55. The Labute approximate surface area is 127 Å². The number of hydrogen-bond acceptors (Lipinski definition) is 2. The second kappa shape index (κ2) is 7.61. The molecule has 108 valence electrons. The molecule has 0 radical (unpaired) electrons. The highest BCUT2D eigenvalue weighted by molar-refractivity contribution is 5.34. The van der Waals surface area contributed by atoms with E-state index in [2.05, 4.69) is 55.6 Å². The molecule has 0 amide bonds. The molecule has 2 rings (SSSR count). The molecular formula is C19H22N2. The summed E-state index contributed by atoms with van der Waals surface area (Å²) in [5.74, 6) is 0. The lowest BCUT2D eigenvalue weighted by atomic mass is 9.99. The standard InChI is InChI=1S/C19H22N2/c1-3-8-19(17-10-5-4-6-11-17)21-15(2)18-12-7-9-16(13-18)14-20/h4-7,9-13,15,19,21H,3,8H2,1-2H3. The predicted molar refractivity (Wildman–Crippen MR) is 86.8 cm³/mol. The van der Waals surface area contributed by atoms with Crippen molar-refractivity contribution in [1.29, 1.82) is 5.26 Å². The van der Waals surface area contributed by atoms with Crippen LogP contribution >= 0.6 is 0 Å². The topological polar surface area (TPSA) is 35.8 Å². The van der Waals surface area contributed by atoms with Crippen LogP contribution in [-0.4, -0.2) is 0 Å². The molecule has 0 heterocycles. The maximum absolute atomic E-state index is 9.02. The molecule has 2 unspecified atom stereocenters. The molecule has 0 bridgehead atoms. The largest absolute Gasteiger partial charge is 0.303 e. The highest BCUT2D eigenvalue weighted by Crippen LogP contribution is 2.23. The number of rotatable bonds is 6. The summed E-state index contributed by atoms with van der Waals surface area (Å²) >= 11 is 0. The van der Waals surface area contributed by atoms with Gasteiger partial charge in [-0.3, -0.25) is 0 Å². The summed E-state index contributed by atoms with van der Waals surface area (Å²) in [4.78, 5) is 0. The number of nitrogens with zero attached hydrogens (tertiary/aromatic N) is 1. The Balaban J connectivity index is 2.14. The molecule has 2 heteroatoms. The average molecular weight is 278 g/mol. The zero-order chi connectivity index (χ0) is 15.1. The second-order valence-electron chi connectivity index (χ2n) is 5.38. The van der Waals surface area contributed by atoms with Crippen LogP contribution in [0.2, 0.25) is 0 Å². The molecule has 2 aromatic carbocycles. The second-order valence-corrected chi connectivity index (χ2v) is 5.38. The molecule has 0 saturated carbocycles. The average Bonchev–Trinajstić information content (AvgIpc) is 2.55. The zero-order valence-electron chi connectivity index (χ0n) is 12.7. The van der Waals surface area contributed by atoms with Crippen LogP contribution < -0.4 is 5.32 Å². The van der Waals surface area contributed by atoms with Gasteiger partial charge in [0, 0.05) is 12.1 Å². The van der Waals surface area contributed by atoms with E-state index in [1.807, 2.05) is 24.3 Å². The highest BCUT2D eigenvalue weighted by Gasteiger charge is 2.14. The molecule has 2 atom stereocenters. The molecule has 0 fully saturated rings. The van der Waals surface area contributed by atoms with Gasteiger partial charge < -0.3 is 5.32 Å². The van der Waals surface area contributed by atoms with Gasteiger partial charge in [0.2, 0.25) is 0 Å². The van der Waals surface area contributed by atoms with Gasteiger partial charge in [0.15, 0.2) is 0 Å². The SMILES string of the molecule is CCCC(NC(C)c1cccc(C#N)c1)c1ccccc1. The van der Waals surface area contributed by atoms with Crippen molar-refractivity contribution in [3.8, 4) is 6.07 Å². The van der Waals surface area contributed by atoms with Crippen molar-refractivity contribution in [2.24, 2.45) is 0 Å². The fourth-order valence-electron chi connectivity index (χ4n) is 2.60. The van der Waals surface area contributed by atoms with Crippen LogP contribution in [0.1, 0.15) is 55.5 Å². The summed E-state index contributed by atoms with van der Waals surface area (Å²) in [6, 6.07) is 21.2. The quantitative estimate of drug-likeness (QED) is 0.827. The predicted octanol–water partition coefficient (Wildman–Crippen LogP) is 4.75. The van der Waals surface area contributed by atoms with Crippen molar-refractivity contribution in [3.05, 3.63) is 71.3 Å². The van der Waals surface area contributed by atoms with Crippen molar-refractivity contribution < 1.29 is 0 Å². The third kappa shape index (κ3) is 4.18. The van der Waals surface area contributed by atoms with E-state index in [1.165, 1.54) is 5.56 Å². The molecule has 0 aromatic heterocycles. The molecule has 2 nitrogen and oxygen atoms in total. The summed E-state index contributed by atoms with van der Waals surface area (Å²) < 4.78 is 0. The van der Waals surface area contributed by atoms with Crippen molar-refractivity contribution >= 4 is 0 Å². The van der Waals surface area contributed by atoms with Gasteiger partial charge in [0.05, 0.1) is 11.6 Å². The Morgan fingerprint density at radius 3 is 2.43 bits per heavy atom. The molecular weight excluding hydrogens is 256 g/mol. The normalized spacial score (nSPS) is 13.4. The fraction of sp³-hybridized carbons (Fsp3) is 0.316. The van der Waals surface area contributed by atoms with Gasteiger partial charge in [-0.25, -0.2) is 0 Å². The third-order valence-corrected chi connectivity index (χ3v) is 3.75. The van der Waals surface area contributed by atoms with Gasteiger partial charge in [-0.1, -0.05) is 55.8 Å². The van der Waals surface area contributed by atoms with Gasteiger partial charge in [-0.15, -0.1) is 0 Å². The molecule has 0 spiro atoms. The fourth-order valence-corrected chi connectivity index (χ4v) is 2.60. The van der Waals surface area contributed by atoms with E-state index in [0.717, 1.165) is 18.4 Å².